The SMILES string of the molecule is CCC(CC)SCCOCC(O)SCC(C)(C)C. The van der Waals surface area contributed by atoms with E-state index in [-0.39, 0.29) is 10.9 Å². The Labute approximate surface area is 122 Å². The van der Waals surface area contributed by atoms with Crippen LogP contribution in [0.15, 0.2) is 0 Å². The van der Waals surface area contributed by atoms with Crippen LogP contribution in [-0.2, 0) is 4.74 Å². The number of hydrogen-bond donors (Lipinski definition) is 1. The molecule has 0 aliphatic heterocycles. The van der Waals surface area contributed by atoms with E-state index < -0.39 is 0 Å². The van der Waals surface area contributed by atoms with Gasteiger partial charge >= 0.3 is 0 Å². The number of ether oxygens (including phenoxy) is 1. The molecule has 0 aromatic carbocycles. The molecule has 0 aromatic heterocycles. The fourth-order valence-electron chi connectivity index (χ4n) is 1.38. The van der Waals surface area contributed by atoms with Crippen molar-refractivity contribution in [3.05, 3.63) is 0 Å². The highest BCUT2D eigenvalue weighted by Crippen LogP contribution is 2.23. The predicted octanol–water partition coefficient (Wildman–Crippen LogP) is 4.02. The van der Waals surface area contributed by atoms with Crippen molar-refractivity contribution in [2.75, 3.05) is 24.7 Å². The lowest BCUT2D eigenvalue weighted by Crippen LogP contribution is -2.17. The second kappa shape index (κ2) is 10.4. The molecule has 0 heterocycles. The van der Waals surface area contributed by atoms with Crippen molar-refractivity contribution in [1.82, 2.24) is 0 Å². The molecule has 1 unspecified atom stereocenters. The summed E-state index contributed by atoms with van der Waals surface area (Å²) in [6.45, 7) is 12.2. The molecule has 1 N–H and O–H groups in total. The molecule has 0 aliphatic rings. The fraction of sp³-hybridized carbons (Fsp3) is 1.00. The average Bonchev–Trinajstić information content (AvgIpc) is 2.30. The van der Waals surface area contributed by atoms with Gasteiger partial charge in [-0.15, -0.1) is 11.8 Å². The zero-order chi connectivity index (χ0) is 14.0. The van der Waals surface area contributed by atoms with Crippen LogP contribution in [0.3, 0.4) is 0 Å². The van der Waals surface area contributed by atoms with Crippen molar-refractivity contribution in [2.45, 2.75) is 58.1 Å². The summed E-state index contributed by atoms with van der Waals surface area (Å²) in [6, 6.07) is 0. The number of aliphatic hydroxyl groups is 1. The van der Waals surface area contributed by atoms with Crippen LogP contribution in [0.1, 0.15) is 47.5 Å². The highest BCUT2D eigenvalue weighted by molar-refractivity contribution is 8.00. The molecule has 0 radical (unpaired) electrons. The zero-order valence-corrected chi connectivity index (χ0v) is 14.2. The second-order valence-corrected chi connectivity index (χ2v) is 8.28. The van der Waals surface area contributed by atoms with Gasteiger partial charge in [-0.1, -0.05) is 34.6 Å². The van der Waals surface area contributed by atoms with Gasteiger partial charge in [0.2, 0.25) is 0 Å². The van der Waals surface area contributed by atoms with Crippen LogP contribution in [0.25, 0.3) is 0 Å². The molecule has 1 atom stereocenters. The highest BCUT2D eigenvalue weighted by atomic mass is 32.2. The van der Waals surface area contributed by atoms with Crippen molar-refractivity contribution in [2.24, 2.45) is 5.41 Å². The molecule has 0 amide bonds. The third kappa shape index (κ3) is 11.7. The maximum atomic E-state index is 9.74. The first kappa shape index (κ1) is 18.6. The quantitative estimate of drug-likeness (QED) is 0.487. The summed E-state index contributed by atoms with van der Waals surface area (Å²) in [4.78, 5) is 0. The normalized spacial score (nSPS) is 14.2. The molecule has 0 fully saturated rings. The number of rotatable bonds is 10. The van der Waals surface area contributed by atoms with Crippen LogP contribution < -0.4 is 0 Å². The Kier molecular flexibility index (Phi) is 10.8. The summed E-state index contributed by atoms with van der Waals surface area (Å²) in [5.41, 5.74) is -0.126. The number of thioether (sulfide) groups is 2. The summed E-state index contributed by atoms with van der Waals surface area (Å²) in [5.74, 6) is 1.99. The van der Waals surface area contributed by atoms with Gasteiger partial charge in [0, 0.05) is 16.8 Å². The van der Waals surface area contributed by atoms with E-state index in [1.165, 1.54) is 12.8 Å². The van der Waals surface area contributed by atoms with Crippen molar-refractivity contribution < 1.29 is 9.84 Å². The molecule has 0 saturated heterocycles. The van der Waals surface area contributed by atoms with Crippen LogP contribution in [-0.4, -0.2) is 40.5 Å². The average molecular weight is 295 g/mol. The van der Waals surface area contributed by atoms with Gasteiger partial charge in [-0.05, 0) is 18.3 Å². The minimum Gasteiger partial charge on any atom is -0.380 e. The third-order valence-corrected chi connectivity index (χ3v) is 5.56. The molecule has 2 nitrogen and oxygen atoms in total. The van der Waals surface area contributed by atoms with Gasteiger partial charge < -0.3 is 9.84 Å². The second-order valence-electron chi connectivity index (χ2n) is 5.71. The van der Waals surface area contributed by atoms with Gasteiger partial charge in [-0.2, -0.15) is 11.8 Å². The maximum Gasteiger partial charge on any atom is 0.123 e. The Balaban J connectivity index is 3.43. The smallest absolute Gasteiger partial charge is 0.123 e. The molecule has 0 saturated carbocycles. The van der Waals surface area contributed by atoms with Gasteiger partial charge in [0.15, 0.2) is 0 Å². The van der Waals surface area contributed by atoms with E-state index in [9.17, 15) is 5.11 Å². The molecule has 0 rings (SSSR count). The van der Waals surface area contributed by atoms with E-state index in [0.29, 0.717) is 6.61 Å². The fourth-order valence-corrected chi connectivity index (χ4v) is 3.28. The lowest BCUT2D eigenvalue weighted by molar-refractivity contribution is 0.0871. The standard InChI is InChI=1S/C14H30O2S2/c1-6-12(7-2)17-9-8-16-10-13(15)18-11-14(3,4)5/h12-13,15H,6-11H2,1-5H3. The van der Waals surface area contributed by atoms with Crippen LogP contribution in [0.4, 0.5) is 0 Å². The van der Waals surface area contributed by atoms with Crippen LogP contribution in [0.2, 0.25) is 0 Å². The van der Waals surface area contributed by atoms with Crippen molar-refractivity contribution >= 4 is 23.5 Å². The minimum absolute atomic E-state index is 0.261. The monoisotopic (exact) mass is 294 g/mol. The molecular weight excluding hydrogens is 264 g/mol. The van der Waals surface area contributed by atoms with Gasteiger partial charge in [-0.3, -0.25) is 0 Å². The maximum absolute atomic E-state index is 9.74. The Morgan fingerprint density at radius 1 is 1.11 bits per heavy atom. The lowest BCUT2D eigenvalue weighted by Gasteiger charge is -2.20. The van der Waals surface area contributed by atoms with E-state index in [0.717, 1.165) is 23.4 Å². The van der Waals surface area contributed by atoms with Crippen LogP contribution in [0, 0.1) is 5.41 Å². The van der Waals surface area contributed by atoms with E-state index in [1.54, 1.807) is 11.8 Å². The number of aliphatic hydroxyl groups excluding tert-OH is 1. The predicted molar refractivity (Wildman–Crippen MR) is 85.6 cm³/mol. The van der Waals surface area contributed by atoms with Crippen molar-refractivity contribution in [1.29, 1.82) is 0 Å². The Bertz CT molecular complexity index is 189. The third-order valence-electron chi connectivity index (χ3n) is 2.46. The van der Waals surface area contributed by atoms with E-state index >= 15 is 0 Å². The van der Waals surface area contributed by atoms with E-state index in [2.05, 4.69) is 34.6 Å². The summed E-state index contributed by atoms with van der Waals surface area (Å²) < 4.78 is 5.51. The lowest BCUT2D eigenvalue weighted by atomic mass is 10.0. The topological polar surface area (TPSA) is 29.5 Å². The van der Waals surface area contributed by atoms with Gasteiger partial charge in [0.05, 0.1) is 13.2 Å². The molecule has 0 aliphatic carbocycles. The Hall–Kier alpha value is 0.620. The summed E-state index contributed by atoms with van der Waals surface area (Å²) >= 11 is 3.56. The molecule has 0 bridgehead atoms. The van der Waals surface area contributed by atoms with Gasteiger partial charge in [0.25, 0.3) is 0 Å². The number of hydrogen-bond acceptors (Lipinski definition) is 4. The Morgan fingerprint density at radius 3 is 2.22 bits per heavy atom. The largest absolute Gasteiger partial charge is 0.380 e. The zero-order valence-electron chi connectivity index (χ0n) is 12.6. The molecular formula is C14H30O2S2. The summed E-state index contributed by atoms with van der Waals surface area (Å²) in [5, 5.41) is 10.5. The first-order chi connectivity index (χ1) is 8.39. The van der Waals surface area contributed by atoms with Gasteiger partial charge in [0.1, 0.15) is 5.44 Å². The first-order valence-corrected chi connectivity index (χ1v) is 8.97. The molecule has 0 spiro atoms. The highest BCUT2D eigenvalue weighted by Gasteiger charge is 2.14. The van der Waals surface area contributed by atoms with Crippen LogP contribution in [0.5, 0.6) is 0 Å². The van der Waals surface area contributed by atoms with Crippen molar-refractivity contribution in [3.63, 3.8) is 0 Å². The summed E-state index contributed by atoms with van der Waals surface area (Å²) in [7, 11) is 0. The summed E-state index contributed by atoms with van der Waals surface area (Å²) in [6.07, 6.45) is 2.45. The van der Waals surface area contributed by atoms with Crippen molar-refractivity contribution in [3.8, 4) is 0 Å². The molecule has 4 heteroatoms. The minimum atomic E-state index is -0.387. The Morgan fingerprint density at radius 2 is 1.72 bits per heavy atom. The first-order valence-electron chi connectivity index (χ1n) is 6.88. The van der Waals surface area contributed by atoms with E-state index in [4.69, 9.17) is 4.74 Å². The molecule has 18 heavy (non-hydrogen) atoms. The molecule has 110 valence electrons. The van der Waals surface area contributed by atoms with Crippen LogP contribution >= 0.6 is 23.5 Å². The van der Waals surface area contributed by atoms with E-state index in [1.807, 2.05) is 11.8 Å². The molecule has 0 aromatic rings. The van der Waals surface area contributed by atoms with Gasteiger partial charge in [-0.25, -0.2) is 0 Å².